The summed E-state index contributed by atoms with van der Waals surface area (Å²) in [6.07, 6.45) is 0.766. The van der Waals surface area contributed by atoms with Crippen LogP contribution >= 0.6 is 11.3 Å². The van der Waals surface area contributed by atoms with Crippen LogP contribution in [0.3, 0.4) is 0 Å². The Morgan fingerprint density at radius 1 is 1.43 bits per heavy atom. The van der Waals surface area contributed by atoms with Crippen LogP contribution in [-0.4, -0.2) is 9.13 Å². The molecule has 1 unspecified atom stereocenters. The maximum absolute atomic E-state index is 12.3. The first-order chi connectivity index (χ1) is 9.97. The van der Waals surface area contributed by atoms with E-state index in [4.69, 9.17) is 5.73 Å². The lowest BCUT2D eigenvalue weighted by Gasteiger charge is -2.19. The number of rotatable bonds is 5. The molecule has 0 aliphatic heterocycles. The molecule has 0 saturated heterocycles. The van der Waals surface area contributed by atoms with Gasteiger partial charge in [-0.05, 0) is 35.7 Å². The standard InChI is InChI=1S/C14H20N4O2S/c1-4-6-18-12(15)11(13(19)17(3)14(18)20)16-9(2)10-5-7-21-8-10/h5,7-9,16H,4,6,15H2,1-3H3. The predicted octanol–water partition coefficient (Wildman–Crippen LogP) is 1.77. The van der Waals surface area contributed by atoms with Gasteiger partial charge in [0.15, 0.2) is 0 Å². The average molecular weight is 308 g/mol. The fourth-order valence-corrected chi connectivity index (χ4v) is 2.93. The summed E-state index contributed by atoms with van der Waals surface area (Å²) in [5.41, 5.74) is 6.61. The molecular formula is C14H20N4O2S. The second kappa shape index (κ2) is 6.17. The molecule has 0 bridgehead atoms. The van der Waals surface area contributed by atoms with Crippen molar-refractivity contribution in [3.63, 3.8) is 0 Å². The highest BCUT2D eigenvalue weighted by Gasteiger charge is 2.17. The maximum atomic E-state index is 12.3. The summed E-state index contributed by atoms with van der Waals surface area (Å²) < 4.78 is 2.53. The first-order valence-corrected chi connectivity index (χ1v) is 7.79. The molecule has 2 rings (SSSR count). The van der Waals surface area contributed by atoms with Crippen LogP contribution in [0.5, 0.6) is 0 Å². The van der Waals surface area contributed by atoms with Crippen molar-refractivity contribution in [3.05, 3.63) is 43.2 Å². The minimum atomic E-state index is -0.396. The molecule has 0 aliphatic rings. The van der Waals surface area contributed by atoms with Crippen molar-refractivity contribution in [3.8, 4) is 0 Å². The first-order valence-electron chi connectivity index (χ1n) is 6.85. The SMILES string of the molecule is CCCn1c(N)c(NC(C)c2ccsc2)c(=O)n(C)c1=O. The Morgan fingerprint density at radius 3 is 2.71 bits per heavy atom. The predicted molar refractivity (Wildman–Crippen MR) is 87.0 cm³/mol. The Morgan fingerprint density at radius 2 is 2.14 bits per heavy atom. The van der Waals surface area contributed by atoms with Gasteiger partial charge in [0, 0.05) is 19.6 Å². The monoisotopic (exact) mass is 308 g/mol. The molecule has 0 aliphatic carbocycles. The third-order valence-electron chi connectivity index (χ3n) is 3.43. The van der Waals surface area contributed by atoms with Gasteiger partial charge in [-0.25, -0.2) is 4.79 Å². The van der Waals surface area contributed by atoms with E-state index in [-0.39, 0.29) is 23.2 Å². The topological polar surface area (TPSA) is 82.0 Å². The van der Waals surface area contributed by atoms with Crippen LogP contribution < -0.4 is 22.3 Å². The molecule has 0 spiro atoms. The number of anilines is 2. The number of nitrogens with zero attached hydrogens (tertiary/aromatic N) is 2. The summed E-state index contributed by atoms with van der Waals surface area (Å²) in [4.78, 5) is 24.4. The molecule has 2 aromatic rings. The van der Waals surface area contributed by atoms with E-state index in [1.165, 1.54) is 11.6 Å². The highest BCUT2D eigenvalue weighted by Crippen LogP contribution is 2.22. The van der Waals surface area contributed by atoms with Crippen molar-refractivity contribution in [1.29, 1.82) is 0 Å². The number of hydrogen-bond donors (Lipinski definition) is 2. The van der Waals surface area contributed by atoms with Crippen molar-refractivity contribution < 1.29 is 0 Å². The van der Waals surface area contributed by atoms with Gasteiger partial charge in [-0.2, -0.15) is 11.3 Å². The van der Waals surface area contributed by atoms with Gasteiger partial charge in [-0.3, -0.25) is 13.9 Å². The van der Waals surface area contributed by atoms with Crippen molar-refractivity contribution >= 4 is 22.8 Å². The molecule has 2 aromatic heterocycles. The molecule has 3 N–H and O–H groups in total. The number of thiophene rings is 1. The van der Waals surface area contributed by atoms with Gasteiger partial charge in [0.2, 0.25) is 0 Å². The minimum absolute atomic E-state index is 0.0566. The van der Waals surface area contributed by atoms with E-state index in [2.05, 4.69) is 5.32 Å². The molecule has 21 heavy (non-hydrogen) atoms. The highest BCUT2D eigenvalue weighted by molar-refractivity contribution is 7.07. The number of hydrogen-bond acceptors (Lipinski definition) is 5. The molecule has 0 fully saturated rings. The van der Waals surface area contributed by atoms with E-state index < -0.39 is 5.56 Å². The van der Waals surface area contributed by atoms with Gasteiger partial charge in [0.05, 0.1) is 0 Å². The Bertz CT molecular complexity index is 731. The molecule has 114 valence electrons. The van der Waals surface area contributed by atoms with E-state index in [1.54, 1.807) is 11.3 Å². The lowest BCUT2D eigenvalue weighted by Crippen LogP contribution is -2.41. The van der Waals surface area contributed by atoms with Gasteiger partial charge in [-0.1, -0.05) is 6.92 Å². The smallest absolute Gasteiger partial charge is 0.332 e. The lowest BCUT2D eigenvalue weighted by atomic mass is 10.2. The zero-order valence-corrected chi connectivity index (χ0v) is 13.2. The van der Waals surface area contributed by atoms with Crippen molar-refractivity contribution in [1.82, 2.24) is 9.13 Å². The molecule has 0 aromatic carbocycles. The molecule has 0 amide bonds. The Labute approximate surface area is 126 Å². The van der Waals surface area contributed by atoms with Crippen LogP contribution in [0, 0.1) is 0 Å². The van der Waals surface area contributed by atoms with Gasteiger partial charge >= 0.3 is 5.69 Å². The zero-order valence-electron chi connectivity index (χ0n) is 12.4. The van der Waals surface area contributed by atoms with Crippen LogP contribution in [0.15, 0.2) is 26.4 Å². The number of nitrogens with one attached hydrogen (secondary N) is 1. The van der Waals surface area contributed by atoms with Crippen LogP contribution in [-0.2, 0) is 13.6 Å². The molecule has 1 atom stereocenters. The Kier molecular flexibility index (Phi) is 4.52. The average Bonchev–Trinajstić information content (AvgIpc) is 3.00. The summed E-state index contributed by atoms with van der Waals surface area (Å²) in [5, 5.41) is 7.13. The first kappa shape index (κ1) is 15.4. The molecular weight excluding hydrogens is 288 g/mol. The van der Waals surface area contributed by atoms with E-state index in [0.717, 1.165) is 16.6 Å². The molecule has 7 heteroatoms. The fraction of sp³-hybridized carbons (Fsp3) is 0.429. The zero-order chi connectivity index (χ0) is 15.6. The van der Waals surface area contributed by atoms with Crippen LogP contribution in [0.25, 0.3) is 0 Å². The van der Waals surface area contributed by atoms with Gasteiger partial charge < -0.3 is 11.1 Å². The second-order valence-electron chi connectivity index (χ2n) is 4.98. The number of aromatic nitrogens is 2. The van der Waals surface area contributed by atoms with Gasteiger partial charge in [0.1, 0.15) is 11.5 Å². The summed E-state index contributed by atoms with van der Waals surface area (Å²) >= 11 is 1.59. The van der Waals surface area contributed by atoms with Crippen LogP contribution in [0.4, 0.5) is 11.5 Å². The molecule has 6 nitrogen and oxygen atoms in total. The maximum Gasteiger partial charge on any atom is 0.332 e. The van der Waals surface area contributed by atoms with E-state index in [0.29, 0.717) is 6.54 Å². The summed E-state index contributed by atoms with van der Waals surface area (Å²) in [6.45, 7) is 4.40. The molecule has 0 radical (unpaired) electrons. The Hall–Kier alpha value is -2.02. The molecule has 0 saturated carbocycles. The van der Waals surface area contributed by atoms with E-state index in [9.17, 15) is 9.59 Å². The van der Waals surface area contributed by atoms with Crippen LogP contribution in [0.1, 0.15) is 31.9 Å². The van der Waals surface area contributed by atoms with Crippen molar-refractivity contribution in [2.45, 2.75) is 32.9 Å². The molecule has 2 heterocycles. The van der Waals surface area contributed by atoms with Crippen molar-refractivity contribution in [2.24, 2.45) is 7.05 Å². The van der Waals surface area contributed by atoms with Crippen molar-refractivity contribution in [2.75, 3.05) is 11.1 Å². The highest BCUT2D eigenvalue weighted by atomic mass is 32.1. The number of nitrogens with two attached hydrogens (primary N) is 1. The van der Waals surface area contributed by atoms with Crippen LogP contribution in [0.2, 0.25) is 0 Å². The normalized spacial score (nSPS) is 12.3. The lowest BCUT2D eigenvalue weighted by molar-refractivity contribution is 0.599. The third kappa shape index (κ3) is 2.87. The van der Waals surface area contributed by atoms with Gasteiger partial charge in [-0.15, -0.1) is 0 Å². The summed E-state index contributed by atoms with van der Waals surface area (Å²) in [5.74, 6) is 0.201. The minimum Gasteiger partial charge on any atom is -0.383 e. The number of nitrogen functional groups attached to an aromatic ring is 1. The van der Waals surface area contributed by atoms with E-state index in [1.807, 2.05) is 30.7 Å². The Balaban J connectivity index is 2.48. The third-order valence-corrected chi connectivity index (χ3v) is 4.14. The van der Waals surface area contributed by atoms with E-state index >= 15 is 0 Å². The quantitative estimate of drug-likeness (QED) is 0.882. The fourth-order valence-electron chi connectivity index (χ4n) is 2.18. The summed E-state index contributed by atoms with van der Waals surface area (Å²) in [7, 11) is 1.47. The largest absolute Gasteiger partial charge is 0.383 e. The second-order valence-corrected chi connectivity index (χ2v) is 5.76. The van der Waals surface area contributed by atoms with Gasteiger partial charge in [0.25, 0.3) is 5.56 Å². The summed E-state index contributed by atoms with van der Waals surface area (Å²) in [6, 6.07) is 1.93.